The Morgan fingerprint density at radius 3 is 2.44 bits per heavy atom. The van der Waals surface area contributed by atoms with Crippen LogP contribution in [0.2, 0.25) is 0 Å². The summed E-state index contributed by atoms with van der Waals surface area (Å²) in [5.74, 6) is 1.41. The van der Waals surface area contributed by atoms with Gasteiger partial charge in [0.25, 0.3) is 0 Å². The fraction of sp³-hybridized carbons (Fsp3) is 0.320. The van der Waals surface area contributed by atoms with Gasteiger partial charge in [0.2, 0.25) is 0 Å². The van der Waals surface area contributed by atoms with Gasteiger partial charge in [-0.05, 0) is 49.5 Å². The van der Waals surface area contributed by atoms with Gasteiger partial charge in [-0.3, -0.25) is 0 Å². The first-order chi connectivity index (χ1) is 15.8. The standard InChI is InChI=1S/C25H28N6O/c32-23(20-7-3-1-4-8-20)17-30-13-11-19(12-14-30)15-26-24-22-16-29-31(25(22)28-18-27-24)21-9-5-2-6-10-21/h1-10,16,18-19,23,32H,11-15,17H2,(H,26,27,28). The third-order valence-corrected chi connectivity index (χ3v) is 6.25. The molecule has 2 N–H and O–H groups in total. The minimum atomic E-state index is -0.429. The van der Waals surface area contributed by atoms with Crippen LogP contribution in [0.3, 0.4) is 0 Å². The Morgan fingerprint density at radius 1 is 0.969 bits per heavy atom. The molecule has 0 aliphatic carbocycles. The molecule has 0 spiro atoms. The fourth-order valence-electron chi connectivity index (χ4n) is 4.38. The molecule has 0 bridgehead atoms. The summed E-state index contributed by atoms with van der Waals surface area (Å²) in [6.45, 7) is 3.57. The number of nitrogens with one attached hydrogen (secondary N) is 1. The number of aliphatic hydroxyl groups excluding tert-OH is 1. The Bertz CT molecular complexity index is 1140. The van der Waals surface area contributed by atoms with Crippen LogP contribution in [0.5, 0.6) is 0 Å². The molecule has 1 saturated heterocycles. The SMILES string of the molecule is OC(CN1CCC(CNc2ncnc3c2cnn3-c2ccccc2)CC1)c1ccccc1. The first-order valence-corrected chi connectivity index (χ1v) is 11.2. The molecule has 32 heavy (non-hydrogen) atoms. The smallest absolute Gasteiger partial charge is 0.168 e. The van der Waals surface area contributed by atoms with Crippen molar-refractivity contribution in [2.24, 2.45) is 5.92 Å². The summed E-state index contributed by atoms with van der Waals surface area (Å²) in [4.78, 5) is 11.3. The monoisotopic (exact) mass is 428 g/mol. The molecule has 2 aromatic heterocycles. The summed E-state index contributed by atoms with van der Waals surface area (Å²) in [6.07, 6.45) is 5.21. The topological polar surface area (TPSA) is 79.1 Å². The molecule has 7 heteroatoms. The van der Waals surface area contributed by atoms with Crippen LogP contribution in [0.1, 0.15) is 24.5 Å². The second-order valence-corrected chi connectivity index (χ2v) is 8.40. The quantitative estimate of drug-likeness (QED) is 0.468. The average molecular weight is 429 g/mol. The Morgan fingerprint density at radius 2 is 1.69 bits per heavy atom. The number of anilines is 1. The zero-order valence-corrected chi connectivity index (χ0v) is 18.0. The minimum absolute atomic E-state index is 0.429. The van der Waals surface area contributed by atoms with Gasteiger partial charge in [-0.25, -0.2) is 14.6 Å². The molecule has 1 unspecified atom stereocenters. The number of β-amino-alcohol motifs (C(OH)–C–C–N with tert-alkyl or cyclic N) is 1. The minimum Gasteiger partial charge on any atom is -0.387 e. The highest BCUT2D eigenvalue weighted by molar-refractivity contribution is 5.87. The molecule has 0 radical (unpaired) electrons. The number of aliphatic hydroxyl groups is 1. The van der Waals surface area contributed by atoms with Crippen LogP contribution in [0, 0.1) is 5.92 Å². The number of benzene rings is 2. The predicted octanol–water partition coefficient (Wildman–Crippen LogP) is 3.67. The van der Waals surface area contributed by atoms with Crippen molar-refractivity contribution in [3.8, 4) is 5.69 Å². The molecular weight excluding hydrogens is 400 g/mol. The van der Waals surface area contributed by atoms with Crippen molar-refractivity contribution in [2.45, 2.75) is 18.9 Å². The highest BCUT2D eigenvalue weighted by atomic mass is 16.3. The van der Waals surface area contributed by atoms with Gasteiger partial charge in [0.15, 0.2) is 5.65 Å². The van der Waals surface area contributed by atoms with Crippen molar-refractivity contribution in [2.75, 3.05) is 31.5 Å². The maximum Gasteiger partial charge on any atom is 0.168 e. The summed E-state index contributed by atoms with van der Waals surface area (Å²) in [6, 6.07) is 19.9. The first kappa shape index (κ1) is 20.6. The van der Waals surface area contributed by atoms with Crippen molar-refractivity contribution < 1.29 is 5.11 Å². The molecular formula is C25H28N6O. The largest absolute Gasteiger partial charge is 0.387 e. The molecule has 3 heterocycles. The van der Waals surface area contributed by atoms with Gasteiger partial charge < -0.3 is 15.3 Å². The van der Waals surface area contributed by atoms with Crippen molar-refractivity contribution >= 4 is 16.9 Å². The Labute approximate surface area is 187 Å². The molecule has 1 atom stereocenters. The average Bonchev–Trinajstić information content (AvgIpc) is 3.29. The number of hydrogen-bond acceptors (Lipinski definition) is 6. The lowest BCUT2D eigenvalue weighted by Gasteiger charge is -2.33. The van der Waals surface area contributed by atoms with E-state index in [0.29, 0.717) is 12.5 Å². The second-order valence-electron chi connectivity index (χ2n) is 8.40. The summed E-state index contributed by atoms with van der Waals surface area (Å²) in [5.41, 5.74) is 2.77. The summed E-state index contributed by atoms with van der Waals surface area (Å²) in [5, 5.41) is 19.5. The van der Waals surface area contributed by atoms with Crippen LogP contribution in [0.15, 0.2) is 73.2 Å². The Kier molecular flexibility index (Phi) is 6.09. The van der Waals surface area contributed by atoms with Gasteiger partial charge >= 0.3 is 0 Å². The van der Waals surface area contributed by atoms with Crippen LogP contribution < -0.4 is 5.32 Å². The number of rotatable bonds is 7. The van der Waals surface area contributed by atoms with E-state index in [0.717, 1.165) is 60.6 Å². The fourth-order valence-corrected chi connectivity index (χ4v) is 4.38. The molecule has 7 nitrogen and oxygen atoms in total. The summed E-state index contributed by atoms with van der Waals surface area (Å²) in [7, 11) is 0. The molecule has 0 saturated carbocycles. The molecule has 1 aliphatic rings. The van der Waals surface area contributed by atoms with Gasteiger partial charge in [0, 0.05) is 13.1 Å². The van der Waals surface area contributed by atoms with Gasteiger partial charge in [-0.15, -0.1) is 0 Å². The van der Waals surface area contributed by atoms with E-state index in [1.165, 1.54) is 0 Å². The van der Waals surface area contributed by atoms with Crippen molar-refractivity contribution in [3.63, 3.8) is 0 Å². The zero-order valence-electron chi connectivity index (χ0n) is 18.0. The molecule has 5 rings (SSSR count). The van der Waals surface area contributed by atoms with E-state index in [2.05, 4.69) is 25.3 Å². The number of para-hydroxylation sites is 1. The van der Waals surface area contributed by atoms with Crippen LogP contribution in [0.25, 0.3) is 16.7 Å². The molecule has 1 fully saturated rings. The lowest BCUT2D eigenvalue weighted by atomic mass is 9.96. The zero-order chi connectivity index (χ0) is 21.8. The number of hydrogen-bond donors (Lipinski definition) is 2. The Balaban J connectivity index is 1.17. The van der Waals surface area contributed by atoms with Crippen LogP contribution in [-0.4, -0.2) is 55.9 Å². The van der Waals surface area contributed by atoms with Crippen molar-refractivity contribution in [1.82, 2.24) is 24.6 Å². The normalized spacial score (nSPS) is 16.3. The maximum atomic E-state index is 10.5. The predicted molar refractivity (Wildman–Crippen MR) is 126 cm³/mol. The highest BCUT2D eigenvalue weighted by Crippen LogP contribution is 2.24. The molecule has 164 valence electrons. The maximum absolute atomic E-state index is 10.5. The third-order valence-electron chi connectivity index (χ3n) is 6.25. The van der Waals surface area contributed by atoms with E-state index in [1.54, 1.807) is 6.33 Å². The number of aromatic nitrogens is 4. The lowest BCUT2D eigenvalue weighted by molar-refractivity contribution is 0.0909. The van der Waals surface area contributed by atoms with Crippen LogP contribution in [-0.2, 0) is 0 Å². The summed E-state index contributed by atoms with van der Waals surface area (Å²) < 4.78 is 1.85. The van der Waals surface area contributed by atoms with Gasteiger partial charge in [-0.1, -0.05) is 48.5 Å². The van der Waals surface area contributed by atoms with E-state index in [9.17, 15) is 5.11 Å². The van der Waals surface area contributed by atoms with E-state index in [1.807, 2.05) is 71.5 Å². The van der Waals surface area contributed by atoms with Gasteiger partial charge in [-0.2, -0.15) is 5.10 Å². The summed E-state index contributed by atoms with van der Waals surface area (Å²) >= 11 is 0. The molecule has 0 amide bonds. The highest BCUT2D eigenvalue weighted by Gasteiger charge is 2.22. The van der Waals surface area contributed by atoms with Crippen LogP contribution >= 0.6 is 0 Å². The van der Waals surface area contributed by atoms with E-state index in [-0.39, 0.29) is 0 Å². The number of nitrogens with zero attached hydrogens (tertiary/aromatic N) is 5. The van der Waals surface area contributed by atoms with E-state index in [4.69, 9.17) is 0 Å². The second kappa shape index (κ2) is 9.46. The number of fused-ring (bicyclic) bond motifs is 1. The third kappa shape index (κ3) is 4.49. The van der Waals surface area contributed by atoms with Crippen molar-refractivity contribution in [1.29, 1.82) is 0 Å². The van der Waals surface area contributed by atoms with E-state index >= 15 is 0 Å². The molecule has 2 aromatic carbocycles. The Hall–Kier alpha value is -3.29. The van der Waals surface area contributed by atoms with Gasteiger partial charge in [0.1, 0.15) is 12.1 Å². The van der Waals surface area contributed by atoms with Crippen LogP contribution in [0.4, 0.5) is 5.82 Å². The molecule has 1 aliphatic heterocycles. The first-order valence-electron chi connectivity index (χ1n) is 11.2. The number of piperidine rings is 1. The lowest BCUT2D eigenvalue weighted by Crippen LogP contribution is -2.38. The van der Waals surface area contributed by atoms with Gasteiger partial charge in [0.05, 0.1) is 23.4 Å². The number of likely N-dealkylation sites (tertiary alicyclic amines) is 1. The van der Waals surface area contributed by atoms with Crippen molar-refractivity contribution in [3.05, 3.63) is 78.8 Å². The molecule has 4 aromatic rings. The van der Waals surface area contributed by atoms with E-state index < -0.39 is 6.10 Å².